The van der Waals surface area contributed by atoms with Gasteiger partial charge in [-0.1, -0.05) is 24.3 Å². The van der Waals surface area contributed by atoms with Crippen molar-refractivity contribution in [2.24, 2.45) is 0 Å². The lowest BCUT2D eigenvalue weighted by atomic mass is 10.1. The van der Waals surface area contributed by atoms with Crippen molar-refractivity contribution in [3.8, 4) is 23.6 Å². The summed E-state index contributed by atoms with van der Waals surface area (Å²) in [6.45, 7) is 0. The first-order chi connectivity index (χ1) is 10.3. The molecule has 0 heterocycles. The first-order valence-corrected chi connectivity index (χ1v) is 6.49. The lowest BCUT2D eigenvalue weighted by Gasteiger charge is -2.08. The third-order valence-corrected chi connectivity index (χ3v) is 2.86. The van der Waals surface area contributed by atoms with Crippen molar-refractivity contribution >= 4 is 7.69 Å². The van der Waals surface area contributed by atoms with E-state index < -0.39 is 0 Å². The molecule has 102 valence electrons. The van der Waals surface area contributed by atoms with Crippen molar-refractivity contribution < 1.29 is 9.31 Å². The molecule has 0 saturated heterocycles. The SMILES string of the molecule is N#CCc1ccc(OBOc2ccc(CC#N)cc2)cc1. The zero-order valence-electron chi connectivity index (χ0n) is 11.5. The molecular weight excluding hydrogens is 263 g/mol. The summed E-state index contributed by atoms with van der Waals surface area (Å²) in [7, 11) is 0.106. The fourth-order valence-corrected chi connectivity index (χ4v) is 1.76. The first kappa shape index (κ1) is 14.5. The Morgan fingerprint density at radius 2 is 1.10 bits per heavy atom. The molecule has 4 nitrogen and oxygen atoms in total. The zero-order valence-corrected chi connectivity index (χ0v) is 11.5. The van der Waals surface area contributed by atoms with Crippen molar-refractivity contribution in [3.63, 3.8) is 0 Å². The molecule has 2 aromatic rings. The van der Waals surface area contributed by atoms with E-state index in [-0.39, 0.29) is 7.69 Å². The van der Waals surface area contributed by atoms with Crippen LogP contribution in [0.2, 0.25) is 0 Å². The molecule has 5 heteroatoms. The predicted molar refractivity (Wildman–Crippen MR) is 79.9 cm³/mol. The van der Waals surface area contributed by atoms with Gasteiger partial charge in [0.2, 0.25) is 0 Å². The molecule has 0 fully saturated rings. The summed E-state index contributed by atoms with van der Waals surface area (Å²) in [6, 6.07) is 18.9. The van der Waals surface area contributed by atoms with E-state index >= 15 is 0 Å². The Hall–Kier alpha value is -2.92. The Kier molecular flexibility index (Phi) is 5.26. The van der Waals surface area contributed by atoms with Crippen LogP contribution in [-0.4, -0.2) is 7.69 Å². The molecule has 0 saturated carbocycles. The van der Waals surface area contributed by atoms with Gasteiger partial charge in [0.05, 0.1) is 25.0 Å². The van der Waals surface area contributed by atoms with E-state index in [1.807, 2.05) is 48.5 Å². The quantitative estimate of drug-likeness (QED) is 0.760. The fourth-order valence-electron chi connectivity index (χ4n) is 1.76. The van der Waals surface area contributed by atoms with Crippen LogP contribution in [0.4, 0.5) is 0 Å². The van der Waals surface area contributed by atoms with Crippen molar-refractivity contribution in [2.45, 2.75) is 12.8 Å². The molecule has 21 heavy (non-hydrogen) atoms. The van der Waals surface area contributed by atoms with Gasteiger partial charge in [-0.05, 0) is 35.4 Å². The summed E-state index contributed by atoms with van der Waals surface area (Å²) in [6.07, 6.45) is 0.789. The number of nitrogens with zero attached hydrogens (tertiary/aromatic N) is 2. The molecule has 0 atom stereocenters. The van der Waals surface area contributed by atoms with Crippen LogP contribution in [-0.2, 0) is 12.8 Å². The molecule has 2 aromatic carbocycles. The standard InChI is InChI=1S/C16H13BN2O2/c18-11-9-13-1-5-15(6-2-13)20-17-21-16-7-3-14(4-8-16)10-12-19/h1-8,17H,9-10H2. The van der Waals surface area contributed by atoms with Gasteiger partial charge in [-0.25, -0.2) is 0 Å². The van der Waals surface area contributed by atoms with Gasteiger partial charge < -0.3 is 9.31 Å². The Bertz CT molecular complexity index is 595. The topological polar surface area (TPSA) is 66.0 Å². The number of rotatable bonds is 6. The lowest BCUT2D eigenvalue weighted by molar-refractivity contribution is 0.459. The maximum atomic E-state index is 8.59. The molecule has 0 aromatic heterocycles. The fraction of sp³-hybridized carbons (Fsp3) is 0.125. The third-order valence-electron chi connectivity index (χ3n) is 2.86. The Balaban J connectivity index is 1.81. The normalized spacial score (nSPS) is 9.24. The minimum atomic E-state index is 0.106. The molecule has 0 spiro atoms. The van der Waals surface area contributed by atoms with Gasteiger partial charge in [0.1, 0.15) is 11.5 Å². The first-order valence-electron chi connectivity index (χ1n) is 6.49. The molecule has 0 amide bonds. The van der Waals surface area contributed by atoms with Crippen molar-refractivity contribution in [1.82, 2.24) is 0 Å². The summed E-state index contributed by atoms with van der Waals surface area (Å²) in [4.78, 5) is 0. The number of nitriles is 2. The molecule has 0 bridgehead atoms. The Labute approximate surface area is 124 Å². The molecule has 0 aliphatic rings. The van der Waals surface area contributed by atoms with Crippen LogP contribution in [0.1, 0.15) is 11.1 Å². The largest absolute Gasteiger partial charge is 0.576 e. The van der Waals surface area contributed by atoms with Crippen molar-refractivity contribution in [2.75, 3.05) is 0 Å². The lowest BCUT2D eigenvalue weighted by Crippen LogP contribution is -2.10. The minimum absolute atomic E-state index is 0.106. The van der Waals surface area contributed by atoms with Crippen LogP contribution in [0.5, 0.6) is 11.5 Å². The highest BCUT2D eigenvalue weighted by atomic mass is 16.6. The van der Waals surface area contributed by atoms with Gasteiger partial charge >= 0.3 is 7.69 Å². The number of benzene rings is 2. The van der Waals surface area contributed by atoms with Gasteiger partial charge in [-0.3, -0.25) is 0 Å². The number of hydrogen-bond acceptors (Lipinski definition) is 4. The van der Waals surface area contributed by atoms with Crippen LogP contribution in [0.3, 0.4) is 0 Å². The van der Waals surface area contributed by atoms with E-state index in [9.17, 15) is 0 Å². The van der Waals surface area contributed by atoms with Crippen LogP contribution in [0.25, 0.3) is 0 Å². The molecule has 0 unspecified atom stereocenters. The highest BCUT2D eigenvalue weighted by Gasteiger charge is 2.00. The zero-order chi connectivity index (χ0) is 14.9. The smallest absolute Gasteiger partial charge is 0.529 e. The van der Waals surface area contributed by atoms with Crippen molar-refractivity contribution in [3.05, 3.63) is 59.7 Å². The molecular formula is C16H13BN2O2. The second-order valence-electron chi connectivity index (χ2n) is 4.36. The number of hydrogen-bond donors (Lipinski definition) is 0. The van der Waals surface area contributed by atoms with Gasteiger partial charge in [-0.15, -0.1) is 0 Å². The Morgan fingerprint density at radius 1 is 0.714 bits per heavy atom. The minimum Gasteiger partial charge on any atom is -0.529 e. The summed E-state index contributed by atoms with van der Waals surface area (Å²) >= 11 is 0. The van der Waals surface area contributed by atoms with Crippen LogP contribution in [0, 0.1) is 22.7 Å². The van der Waals surface area contributed by atoms with Gasteiger partial charge in [-0.2, -0.15) is 10.5 Å². The van der Waals surface area contributed by atoms with Crippen LogP contribution >= 0.6 is 0 Å². The average Bonchev–Trinajstić information content (AvgIpc) is 2.51. The molecule has 0 aliphatic heterocycles. The van der Waals surface area contributed by atoms with Gasteiger partial charge in [0.15, 0.2) is 0 Å². The monoisotopic (exact) mass is 276 g/mol. The van der Waals surface area contributed by atoms with E-state index in [2.05, 4.69) is 12.1 Å². The van der Waals surface area contributed by atoms with E-state index in [1.54, 1.807) is 0 Å². The molecule has 0 N–H and O–H groups in total. The average molecular weight is 276 g/mol. The molecule has 0 aliphatic carbocycles. The van der Waals surface area contributed by atoms with E-state index in [1.165, 1.54) is 0 Å². The highest BCUT2D eigenvalue weighted by molar-refractivity contribution is 6.20. The van der Waals surface area contributed by atoms with Crippen LogP contribution in [0.15, 0.2) is 48.5 Å². The third kappa shape index (κ3) is 4.60. The van der Waals surface area contributed by atoms with E-state index in [0.29, 0.717) is 24.3 Å². The van der Waals surface area contributed by atoms with Gasteiger partial charge in [0, 0.05) is 0 Å². The summed E-state index contributed by atoms with van der Waals surface area (Å²) in [5.74, 6) is 1.38. The summed E-state index contributed by atoms with van der Waals surface area (Å²) < 4.78 is 10.9. The van der Waals surface area contributed by atoms with E-state index in [0.717, 1.165) is 11.1 Å². The predicted octanol–water partition coefficient (Wildman–Crippen LogP) is 2.54. The summed E-state index contributed by atoms with van der Waals surface area (Å²) in [5, 5.41) is 17.2. The van der Waals surface area contributed by atoms with Crippen LogP contribution < -0.4 is 9.31 Å². The second-order valence-corrected chi connectivity index (χ2v) is 4.36. The van der Waals surface area contributed by atoms with Crippen molar-refractivity contribution in [1.29, 1.82) is 10.5 Å². The summed E-state index contributed by atoms with van der Waals surface area (Å²) in [5.41, 5.74) is 1.91. The Morgan fingerprint density at radius 3 is 1.43 bits per heavy atom. The molecule has 2 rings (SSSR count). The second kappa shape index (κ2) is 7.62. The van der Waals surface area contributed by atoms with E-state index in [4.69, 9.17) is 19.8 Å². The maximum absolute atomic E-state index is 8.59. The molecule has 0 radical (unpaired) electrons. The maximum Gasteiger partial charge on any atom is 0.576 e. The highest BCUT2D eigenvalue weighted by Crippen LogP contribution is 2.14. The van der Waals surface area contributed by atoms with Gasteiger partial charge in [0.25, 0.3) is 0 Å².